The van der Waals surface area contributed by atoms with E-state index in [2.05, 4.69) is 0 Å². The molecule has 0 saturated heterocycles. The van der Waals surface area contributed by atoms with Crippen molar-refractivity contribution in [2.24, 2.45) is 5.73 Å². The van der Waals surface area contributed by atoms with E-state index in [1.165, 1.54) is 0 Å². The third kappa shape index (κ3) is 3.92. The molecule has 2 aromatic carbocycles. The lowest BCUT2D eigenvalue weighted by atomic mass is 10.1. The molecular formula is C17H17NO3. The molecule has 0 aliphatic rings. The van der Waals surface area contributed by atoms with Crippen LogP contribution < -0.4 is 5.73 Å². The number of hydrogen-bond acceptors (Lipinski definition) is 3. The molecule has 0 aromatic heterocycles. The number of carbonyl (C=O) groups excluding carboxylic acids is 2. The summed E-state index contributed by atoms with van der Waals surface area (Å²) in [6, 6.07) is 16.3. The van der Waals surface area contributed by atoms with E-state index in [1.807, 2.05) is 37.3 Å². The van der Waals surface area contributed by atoms with Gasteiger partial charge in [-0.25, -0.2) is 0 Å². The van der Waals surface area contributed by atoms with Crippen LogP contribution >= 0.6 is 0 Å². The number of primary amides is 1. The molecule has 4 heteroatoms. The number of aryl methyl sites for hydroxylation is 1. The molecular weight excluding hydrogens is 266 g/mol. The van der Waals surface area contributed by atoms with Gasteiger partial charge in [0.1, 0.15) is 0 Å². The summed E-state index contributed by atoms with van der Waals surface area (Å²) >= 11 is 0. The van der Waals surface area contributed by atoms with Gasteiger partial charge in [0.2, 0.25) is 6.10 Å². The first-order chi connectivity index (χ1) is 10.1. The number of nitrogens with two attached hydrogens (primary N) is 1. The van der Waals surface area contributed by atoms with Crippen molar-refractivity contribution in [3.8, 4) is 0 Å². The molecule has 0 heterocycles. The average Bonchev–Trinajstić information content (AvgIpc) is 2.48. The Balaban J connectivity index is 2.10. The van der Waals surface area contributed by atoms with Gasteiger partial charge in [-0.3, -0.25) is 9.59 Å². The summed E-state index contributed by atoms with van der Waals surface area (Å²) in [5, 5.41) is 0. The van der Waals surface area contributed by atoms with Gasteiger partial charge in [0.15, 0.2) is 0 Å². The maximum Gasteiger partial charge on any atom is 0.311 e. The molecule has 0 bridgehead atoms. The van der Waals surface area contributed by atoms with Crippen molar-refractivity contribution in [2.75, 3.05) is 0 Å². The average molecular weight is 283 g/mol. The van der Waals surface area contributed by atoms with E-state index in [0.29, 0.717) is 5.56 Å². The predicted octanol–water partition coefficient (Wildman–Crippen LogP) is 2.31. The number of carbonyl (C=O) groups is 2. The number of ether oxygens (including phenoxy) is 1. The Labute approximate surface area is 123 Å². The van der Waals surface area contributed by atoms with Crippen molar-refractivity contribution in [1.82, 2.24) is 0 Å². The number of benzene rings is 2. The summed E-state index contributed by atoms with van der Waals surface area (Å²) < 4.78 is 5.24. The van der Waals surface area contributed by atoms with Crippen molar-refractivity contribution < 1.29 is 14.3 Å². The zero-order valence-corrected chi connectivity index (χ0v) is 11.8. The van der Waals surface area contributed by atoms with Gasteiger partial charge in [-0.2, -0.15) is 0 Å². The van der Waals surface area contributed by atoms with E-state index in [1.54, 1.807) is 24.3 Å². The van der Waals surface area contributed by atoms with Crippen molar-refractivity contribution >= 4 is 11.9 Å². The number of rotatable bonds is 5. The number of hydrogen-bond donors (Lipinski definition) is 1. The largest absolute Gasteiger partial charge is 0.447 e. The monoisotopic (exact) mass is 283 g/mol. The van der Waals surface area contributed by atoms with Gasteiger partial charge in [-0.05, 0) is 18.1 Å². The lowest BCUT2D eigenvalue weighted by molar-refractivity contribution is -0.154. The Morgan fingerprint density at radius 1 is 1.05 bits per heavy atom. The van der Waals surface area contributed by atoms with Crippen LogP contribution in [0.2, 0.25) is 0 Å². The quantitative estimate of drug-likeness (QED) is 0.856. The van der Waals surface area contributed by atoms with Crippen molar-refractivity contribution in [3.05, 3.63) is 71.3 Å². The molecule has 108 valence electrons. The first kappa shape index (κ1) is 14.8. The van der Waals surface area contributed by atoms with Gasteiger partial charge in [-0.15, -0.1) is 0 Å². The van der Waals surface area contributed by atoms with Crippen molar-refractivity contribution in [2.45, 2.75) is 19.4 Å². The topological polar surface area (TPSA) is 69.4 Å². The molecule has 0 spiro atoms. The minimum atomic E-state index is -1.05. The lowest BCUT2D eigenvalue weighted by Crippen LogP contribution is -2.26. The van der Waals surface area contributed by atoms with Crippen LogP contribution in [0.5, 0.6) is 0 Å². The van der Waals surface area contributed by atoms with Crippen molar-refractivity contribution in [1.29, 1.82) is 0 Å². The summed E-state index contributed by atoms with van der Waals surface area (Å²) in [4.78, 5) is 23.5. The molecule has 0 fully saturated rings. The summed E-state index contributed by atoms with van der Waals surface area (Å²) in [6.45, 7) is 1.92. The third-order valence-corrected chi connectivity index (χ3v) is 3.21. The summed E-state index contributed by atoms with van der Waals surface area (Å²) in [6.07, 6.45) is -0.939. The van der Waals surface area contributed by atoms with Gasteiger partial charge in [0.05, 0.1) is 6.42 Å². The fourth-order valence-electron chi connectivity index (χ4n) is 2.06. The van der Waals surface area contributed by atoms with Crippen LogP contribution in [-0.2, 0) is 20.7 Å². The number of esters is 1. The second-order valence-electron chi connectivity index (χ2n) is 4.79. The molecule has 0 aliphatic carbocycles. The van der Waals surface area contributed by atoms with E-state index >= 15 is 0 Å². The highest BCUT2D eigenvalue weighted by Gasteiger charge is 2.22. The number of amides is 1. The van der Waals surface area contributed by atoms with E-state index in [9.17, 15) is 9.59 Å². The Bertz CT molecular complexity index is 637. The maximum atomic E-state index is 12.0. The lowest BCUT2D eigenvalue weighted by Gasteiger charge is -2.15. The van der Waals surface area contributed by atoms with Crippen LogP contribution in [0.15, 0.2) is 54.6 Å². The Kier molecular flexibility index (Phi) is 4.72. The standard InChI is InChI=1S/C17H17NO3/c1-12-7-5-6-10-14(12)11-15(19)21-16(17(18)20)13-8-3-2-4-9-13/h2-10,16H,11H2,1H3,(H2,18,20). The van der Waals surface area contributed by atoms with Crippen LogP contribution in [0.4, 0.5) is 0 Å². The molecule has 2 rings (SSSR count). The second-order valence-corrected chi connectivity index (χ2v) is 4.79. The van der Waals surface area contributed by atoms with Gasteiger partial charge >= 0.3 is 5.97 Å². The van der Waals surface area contributed by atoms with E-state index in [4.69, 9.17) is 10.5 Å². The second kappa shape index (κ2) is 6.70. The van der Waals surface area contributed by atoms with Gasteiger partial charge in [0.25, 0.3) is 5.91 Å². The smallest absolute Gasteiger partial charge is 0.311 e. The molecule has 1 unspecified atom stereocenters. The van der Waals surface area contributed by atoms with E-state index in [-0.39, 0.29) is 6.42 Å². The fourth-order valence-corrected chi connectivity index (χ4v) is 2.06. The van der Waals surface area contributed by atoms with Crippen LogP contribution in [0.25, 0.3) is 0 Å². The molecule has 4 nitrogen and oxygen atoms in total. The Hall–Kier alpha value is -2.62. The zero-order chi connectivity index (χ0) is 15.2. The molecule has 0 saturated carbocycles. The van der Waals surface area contributed by atoms with Crippen LogP contribution in [0.1, 0.15) is 22.8 Å². The SMILES string of the molecule is Cc1ccccc1CC(=O)OC(C(N)=O)c1ccccc1. The van der Waals surface area contributed by atoms with Crippen LogP contribution in [0, 0.1) is 6.92 Å². The first-order valence-electron chi connectivity index (χ1n) is 6.66. The van der Waals surface area contributed by atoms with Crippen molar-refractivity contribution in [3.63, 3.8) is 0 Å². The first-order valence-corrected chi connectivity index (χ1v) is 6.66. The van der Waals surface area contributed by atoms with Gasteiger partial charge < -0.3 is 10.5 Å². The molecule has 0 radical (unpaired) electrons. The molecule has 0 aliphatic heterocycles. The molecule has 2 N–H and O–H groups in total. The summed E-state index contributed by atoms with van der Waals surface area (Å²) in [7, 11) is 0. The summed E-state index contributed by atoms with van der Waals surface area (Å²) in [5.74, 6) is -1.16. The molecule has 1 amide bonds. The molecule has 21 heavy (non-hydrogen) atoms. The predicted molar refractivity (Wildman–Crippen MR) is 79.4 cm³/mol. The van der Waals surface area contributed by atoms with Crippen LogP contribution in [0.3, 0.4) is 0 Å². The minimum Gasteiger partial charge on any atom is -0.447 e. The Morgan fingerprint density at radius 2 is 1.67 bits per heavy atom. The van der Waals surface area contributed by atoms with E-state index < -0.39 is 18.0 Å². The highest BCUT2D eigenvalue weighted by Crippen LogP contribution is 2.18. The van der Waals surface area contributed by atoms with E-state index in [0.717, 1.165) is 11.1 Å². The van der Waals surface area contributed by atoms with Crippen LogP contribution in [-0.4, -0.2) is 11.9 Å². The fraction of sp³-hybridized carbons (Fsp3) is 0.176. The normalized spacial score (nSPS) is 11.7. The minimum absolute atomic E-state index is 0.114. The molecule has 1 atom stereocenters. The van der Waals surface area contributed by atoms with Gasteiger partial charge in [-0.1, -0.05) is 54.6 Å². The maximum absolute atomic E-state index is 12.0. The Morgan fingerprint density at radius 3 is 2.29 bits per heavy atom. The summed E-state index contributed by atoms with van der Waals surface area (Å²) in [5.41, 5.74) is 7.77. The van der Waals surface area contributed by atoms with Gasteiger partial charge in [0, 0.05) is 5.56 Å². The third-order valence-electron chi connectivity index (χ3n) is 3.21. The highest BCUT2D eigenvalue weighted by molar-refractivity contribution is 5.84. The highest BCUT2D eigenvalue weighted by atomic mass is 16.5. The molecule has 2 aromatic rings. The zero-order valence-electron chi connectivity index (χ0n) is 11.8.